The topological polar surface area (TPSA) is 88.3 Å². The maximum atomic E-state index is 11.6. The first-order valence-electron chi connectivity index (χ1n) is 4.59. The highest BCUT2D eigenvalue weighted by molar-refractivity contribution is 7.89. The number of sulfonamides is 1. The molecule has 1 aromatic rings. The Labute approximate surface area is 87.4 Å². The van der Waals surface area contributed by atoms with E-state index in [9.17, 15) is 8.42 Å². The van der Waals surface area contributed by atoms with Crippen molar-refractivity contribution in [1.82, 2.24) is 19.1 Å². The van der Waals surface area contributed by atoms with Crippen LogP contribution < -0.4 is 0 Å². The Morgan fingerprint density at radius 2 is 2.27 bits per heavy atom. The third-order valence-electron chi connectivity index (χ3n) is 2.35. The molecule has 0 atom stereocenters. The highest BCUT2D eigenvalue weighted by Crippen LogP contribution is 2.13. The van der Waals surface area contributed by atoms with Crippen LogP contribution in [0.3, 0.4) is 0 Å². The van der Waals surface area contributed by atoms with Gasteiger partial charge in [-0.1, -0.05) is 0 Å². The van der Waals surface area contributed by atoms with Crippen LogP contribution in [-0.4, -0.2) is 51.5 Å². The molecule has 8 heteroatoms. The fourth-order valence-electron chi connectivity index (χ4n) is 1.53. The molecule has 0 radical (unpaired) electrons. The van der Waals surface area contributed by atoms with Gasteiger partial charge in [-0.25, -0.2) is 8.42 Å². The summed E-state index contributed by atoms with van der Waals surface area (Å²) < 4.78 is 26.4. The van der Waals surface area contributed by atoms with Crippen molar-refractivity contribution < 1.29 is 13.5 Å². The summed E-state index contributed by atoms with van der Waals surface area (Å²) in [6, 6.07) is 0. The molecular weight excluding hydrogens is 220 g/mol. The van der Waals surface area contributed by atoms with Crippen LogP contribution in [-0.2, 0) is 23.1 Å². The largest absolute Gasteiger partial charge is 0.395 e. The van der Waals surface area contributed by atoms with E-state index in [0.29, 0.717) is 18.9 Å². The van der Waals surface area contributed by atoms with E-state index in [2.05, 4.69) is 10.2 Å². The number of aliphatic hydroxyl groups excluding tert-OH is 1. The Kier molecular flexibility index (Phi) is 2.72. The quantitative estimate of drug-likeness (QED) is 0.679. The van der Waals surface area contributed by atoms with Gasteiger partial charge in [0.1, 0.15) is 12.2 Å². The van der Waals surface area contributed by atoms with E-state index in [1.165, 1.54) is 4.31 Å². The van der Waals surface area contributed by atoms with Crippen molar-refractivity contribution in [3.05, 3.63) is 12.2 Å². The third kappa shape index (κ3) is 2.01. The van der Waals surface area contributed by atoms with Crippen molar-refractivity contribution in [2.24, 2.45) is 0 Å². The van der Waals surface area contributed by atoms with Gasteiger partial charge in [0.15, 0.2) is 0 Å². The average molecular weight is 232 g/mol. The predicted molar refractivity (Wildman–Crippen MR) is 51.3 cm³/mol. The molecule has 0 fully saturated rings. The summed E-state index contributed by atoms with van der Waals surface area (Å²) >= 11 is 0. The lowest BCUT2D eigenvalue weighted by atomic mass is 10.4. The lowest BCUT2D eigenvalue weighted by molar-refractivity contribution is 0.304. The van der Waals surface area contributed by atoms with E-state index in [-0.39, 0.29) is 18.9 Å². The third-order valence-corrected chi connectivity index (χ3v) is 4.14. The smallest absolute Gasteiger partial charge is 0.216 e. The fourth-order valence-corrected chi connectivity index (χ4v) is 2.69. The van der Waals surface area contributed by atoms with Crippen molar-refractivity contribution >= 4 is 10.0 Å². The van der Waals surface area contributed by atoms with Gasteiger partial charge in [0, 0.05) is 13.1 Å². The molecule has 2 heterocycles. The molecule has 1 aliphatic rings. The monoisotopic (exact) mass is 232 g/mol. The lowest BCUT2D eigenvalue weighted by Crippen LogP contribution is -2.40. The fraction of sp³-hybridized carbons (Fsp3) is 0.714. The van der Waals surface area contributed by atoms with Crippen LogP contribution in [0.15, 0.2) is 6.33 Å². The Morgan fingerprint density at radius 1 is 1.47 bits per heavy atom. The zero-order valence-electron chi connectivity index (χ0n) is 8.07. The van der Waals surface area contributed by atoms with E-state index in [1.54, 1.807) is 6.33 Å². The second-order valence-corrected chi connectivity index (χ2v) is 5.40. The molecule has 84 valence electrons. The number of hydrogen-bond acceptors (Lipinski definition) is 5. The van der Waals surface area contributed by atoms with Gasteiger partial charge < -0.3 is 9.67 Å². The van der Waals surface area contributed by atoms with Gasteiger partial charge in [0.05, 0.1) is 18.9 Å². The summed E-state index contributed by atoms with van der Waals surface area (Å²) in [6.45, 7) is 0.855. The Morgan fingerprint density at radius 3 is 3.00 bits per heavy atom. The van der Waals surface area contributed by atoms with Crippen molar-refractivity contribution in [3.63, 3.8) is 0 Å². The summed E-state index contributed by atoms with van der Waals surface area (Å²) in [5.41, 5.74) is 0. The highest BCUT2D eigenvalue weighted by Gasteiger charge is 2.26. The molecule has 1 aliphatic heterocycles. The summed E-state index contributed by atoms with van der Waals surface area (Å²) in [6.07, 6.45) is 1.59. The second kappa shape index (κ2) is 3.87. The standard InChI is InChI=1S/C7H12N4O3S/c12-3-4-15(13,14)11-2-1-10-6-8-9-7(10)5-11/h6,12H,1-5H2. The highest BCUT2D eigenvalue weighted by atomic mass is 32.2. The van der Waals surface area contributed by atoms with Gasteiger partial charge >= 0.3 is 0 Å². The maximum absolute atomic E-state index is 11.6. The Bertz CT molecular complexity index is 441. The van der Waals surface area contributed by atoms with Crippen LogP contribution in [0.2, 0.25) is 0 Å². The van der Waals surface area contributed by atoms with Crippen molar-refractivity contribution in [3.8, 4) is 0 Å². The van der Waals surface area contributed by atoms with Gasteiger partial charge in [0.2, 0.25) is 10.0 Å². The first kappa shape index (κ1) is 10.5. The van der Waals surface area contributed by atoms with E-state index in [1.807, 2.05) is 4.57 Å². The number of aromatic nitrogens is 3. The zero-order chi connectivity index (χ0) is 10.9. The molecule has 1 N–H and O–H groups in total. The first-order valence-corrected chi connectivity index (χ1v) is 6.20. The summed E-state index contributed by atoms with van der Waals surface area (Å²) in [4.78, 5) is 0. The number of rotatable bonds is 3. The van der Waals surface area contributed by atoms with Crippen molar-refractivity contribution in [2.75, 3.05) is 18.9 Å². The number of nitrogens with zero attached hydrogens (tertiary/aromatic N) is 4. The van der Waals surface area contributed by atoms with Gasteiger partial charge in [-0.05, 0) is 0 Å². The molecule has 0 saturated carbocycles. The Hall–Kier alpha value is -0.990. The Balaban J connectivity index is 2.16. The summed E-state index contributed by atoms with van der Waals surface area (Å²) in [5.74, 6) is 0.406. The van der Waals surface area contributed by atoms with E-state index >= 15 is 0 Å². The minimum atomic E-state index is -3.35. The van der Waals surface area contributed by atoms with E-state index in [0.717, 1.165) is 0 Å². The minimum Gasteiger partial charge on any atom is -0.395 e. The van der Waals surface area contributed by atoms with Crippen molar-refractivity contribution in [2.45, 2.75) is 13.1 Å². The molecular formula is C7H12N4O3S. The first-order chi connectivity index (χ1) is 7.13. The van der Waals surface area contributed by atoms with Gasteiger partial charge in [-0.15, -0.1) is 10.2 Å². The molecule has 0 aliphatic carbocycles. The van der Waals surface area contributed by atoms with Gasteiger partial charge in [-0.2, -0.15) is 4.31 Å². The number of fused-ring (bicyclic) bond motifs is 1. The molecule has 0 spiro atoms. The van der Waals surface area contributed by atoms with Gasteiger partial charge in [0.25, 0.3) is 0 Å². The van der Waals surface area contributed by atoms with Crippen LogP contribution in [0.25, 0.3) is 0 Å². The summed E-state index contributed by atoms with van der Waals surface area (Å²) in [5, 5.41) is 16.2. The van der Waals surface area contributed by atoms with Gasteiger partial charge in [-0.3, -0.25) is 0 Å². The number of aliphatic hydroxyl groups is 1. The maximum Gasteiger partial charge on any atom is 0.216 e. The van der Waals surface area contributed by atoms with Crippen LogP contribution >= 0.6 is 0 Å². The minimum absolute atomic E-state index is 0.235. The molecule has 2 rings (SSSR count). The van der Waals surface area contributed by atoms with Crippen LogP contribution in [0.4, 0.5) is 0 Å². The molecule has 15 heavy (non-hydrogen) atoms. The van der Waals surface area contributed by atoms with E-state index < -0.39 is 10.0 Å². The average Bonchev–Trinajstić information content (AvgIpc) is 2.63. The molecule has 0 aromatic carbocycles. The molecule has 0 saturated heterocycles. The molecule has 0 bridgehead atoms. The van der Waals surface area contributed by atoms with Crippen LogP contribution in [0, 0.1) is 0 Å². The number of hydrogen-bond donors (Lipinski definition) is 1. The second-order valence-electron chi connectivity index (χ2n) is 3.31. The lowest BCUT2D eigenvalue weighted by Gasteiger charge is -2.25. The van der Waals surface area contributed by atoms with Crippen molar-refractivity contribution in [1.29, 1.82) is 0 Å². The van der Waals surface area contributed by atoms with E-state index in [4.69, 9.17) is 5.11 Å². The zero-order valence-corrected chi connectivity index (χ0v) is 8.89. The normalized spacial score (nSPS) is 17.7. The molecule has 0 unspecified atom stereocenters. The molecule has 7 nitrogen and oxygen atoms in total. The summed E-state index contributed by atoms with van der Waals surface area (Å²) in [7, 11) is -3.35. The molecule has 1 aromatic heterocycles. The predicted octanol–water partition coefficient (Wildman–Crippen LogP) is -1.58. The SMILES string of the molecule is O=S(=O)(CCO)N1CCn2cnnc2C1. The van der Waals surface area contributed by atoms with Crippen LogP contribution in [0.5, 0.6) is 0 Å². The molecule has 0 amide bonds. The van der Waals surface area contributed by atoms with Crippen LogP contribution in [0.1, 0.15) is 5.82 Å².